The van der Waals surface area contributed by atoms with E-state index in [1.54, 1.807) is 0 Å². The van der Waals surface area contributed by atoms with Gasteiger partial charge in [-0.1, -0.05) is 30.3 Å². The number of alkyl halides is 3. The smallest absolute Gasteiger partial charge is 0.496 e. The topological polar surface area (TPSA) is 68.8 Å². The lowest BCUT2D eigenvalue weighted by molar-refractivity contribution is -0.274. The number of rotatable bonds is 7. The molecule has 0 radical (unpaired) electrons. The number of hydrogen-bond acceptors (Lipinski definition) is 6. The van der Waals surface area contributed by atoms with Crippen LogP contribution in [0.25, 0.3) is 0 Å². The Bertz CT molecular complexity index is 877. The van der Waals surface area contributed by atoms with Crippen LogP contribution < -0.4 is 20.1 Å². The fourth-order valence-electron chi connectivity index (χ4n) is 3.83. The van der Waals surface area contributed by atoms with Gasteiger partial charge in [0.1, 0.15) is 11.5 Å². The van der Waals surface area contributed by atoms with Crippen molar-refractivity contribution >= 4 is 5.97 Å². The number of methoxy groups -OCH3 is 2. The van der Waals surface area contributed by atoms with Gasteiger partial charge in [-0.3, -0.25) is 4.79 Å². The molecule has 9 heteroatoms. The molecule has 2 aromatic rings. The number of carbonyl (C=O) groups excluding carboxylic acids is 1. The average molecular weight is 438 g/mol. The number of ether oxygens (including phenoxy) is 3. The van der Waals surface area contributed by atoms with Gasteiger partial charge in [-0.15, -0.1) is 13.2 Å². The number of halogens is 3. The van der Waals surface area contributed by atoms with E-state index in [2.05, 4.69) is 15.4 Å². The Kier molecular flexibility index (Phi) is 7.40. The molecule has 3 atom stereocenters. The van der Waals surface area contributed by atoms with Crippen LogP contribution in [0.3, 0.4) is 0 Å². The van der Waals surface area contributed by atoms with Gasteiger partial charge in [0.25, 0.3) is 0 Å². The van der Waals surface area contributed by atoms with Crippen LogP contribution in [0.4, 0.5) is 13.2 Å². The van der Waals surface area contributed by atoms with E-state index in [9.17, 15) is 18.0 Å². The van der Waals surface area contributed by atoms with Gasteiger partial charge in [0, 0.05) is 30.7 Å². The lowest BCUT2D eigenvalue weighted by atomic mass is 9.86. The Hall–Kier alpha value is -2.78. The van der Waals surface area contributed by atoms with Crippen molar-refractivity contribution in [1.29, 1.82) is 0 Å². The molecule has 1 fully saturated rings. The number of esters is 1. The Balaban J connectivity index is 1.80. The summed E-state index contributed by atoms with van der Waals surface area (Å²) in [6.07, 6.45) is -4.26. The Labute approximate surface area is 178 Å². The lowest BCUT2D eigenvalue weighted by Crippen LogP contribution is -2.51. The highest BCUT2D eigenvalue weighted by Crippen LogP contribution is 2.31. The molecule has 1 heterocycles. The first-order valence-electron chi connectivity index (χ1n) is 9.83. The number of hydrogen-bond donors (Lipinski definition) is 2. The molecule has 6 nitrogen and oxygen atoms in total. The minimum absolute atomic E-state index is 0.0808. The van der Waals surface area contributed by atoms with Crippen LogP contribution in [-0.2, 0) is 16.1 Å². The molecule has 0 aromatic heterocycles. The maximum absolute atomic E-state index is 12.6. The maximum Gasteiger partial charge on any atom is 0.573 e. The standard InChI is InChI=1S/C22H25F3N2O4/c1-29-19-9-8-17(31-22(23,24)25)10-15(19)12-26-18-11-16(21(28)30-2)13-27-20(18)14-6-4-3-5-7-14/h3-10,16,18,20,26-27H,11-13H2,1-2H3. The van der Waals surface area contributed by atoms with E-state index in [4.69, 9.17) is 9.47 Å². The number of benzene rings is 2. The van der Waals surface area contributed by atoms with E-state index in [0.717, 1.165) is 5.56 Å². The van der Waals surface area contributed by atoms with Crippen LogP contribution in [0.15, 0.2) is 48.5 Å². The molecule has 3 rings (SSSR count). The zero-order valence-corrected chi connectivity index (χ0v) is 17.2. The second kappa shape index (κ2) is 10.0. The highest BCUT2D eigenvalue weighted by atomic mass is 19.4. The predicted molar refractivity (Wildman–Crippen MR) is 108 cm³/mol. The zero-order chi connectivity index (χ0) is 22.4. The van der Waals surface area contributed by atoms with Gasteiger partial charge >= 0.3 is 12.3 Å². The molecule has 0 spiro atoms. The fourth-order valence-corrected chi connectivity index (χ4v) is 3.83. The molecule has 3 unspecified atom stereocenters. The molecular weight excluding hydrogens is 413 g/mol. The summed E-state index contributed by atoms with van der Waals surface area (Å²) < 4.78 is 52.0. The first-order valence-corrected chi connectivity index (χ1v) is 9.83. The zero-order valence-electron chi connectivity index (χ0n) is 17.2. The van der Waals surface area contributed by atoms with Crippen LogP contribution in [0.1, 0.15) is 23.6 Å². The largest absolute Gasteiger partial charge is 0.573 e. The van der Waals surface area contributed by atoms with Crippen molar-refractivity contribution in [2.45, 2.75) is 31.4 Å². The summed E-state index contributed by atoms with van der Waals surface area (Å²) in [5.74, 6) is -0.515. The fraction of sp³-hybridized carbons (Fsp3) is 0.409. The van der Waals surface area contributed by atoms with Crippen LogP contribution in [0, 0.1) is 5.92 Å². The molecule has 1 aliphatic rings. The van der Waals surface area contributed by atoms with Crippen molar-refractivity contribution in [2.24, 2.45) is 5.92 Å². The summed E-state index contributed by atoms with van der Waals surface area (Å²) in [7, 11) is 2.80. The highest BCUT2D eigenvalue weighted by molar-refractivity contribution is 5.72. The quantitative estimate of drug-likeness (QED) is 0.645. The SMILES string of the molecule is COC(=O)C1CNC(c2ccccc2)C(NCc2cc(OC(F)(F)F)ccc2OC)C1. The highest BCUT2D eigenvalue weighted by Gasteiger charge is 2.35. The van der Waals surface area contributed by atoms with E-state index < -0.39 is 6.36 Å². The van der Waals surface area contributed by atoms with Crippen LogP contribution in [-0.4, -0.2) is 39.1 Å². The van der Waals surface area contributed by atoms with Crippen LogP contribution in [0.5, 0.6) is 11.5 Å². The second-order valence-electron chi connectivity index (χ2n) is 7.26. The normalized spacial score (nSPS) is 21.4. The first kappa shape index (κ1) is 22.9. The summed E-state index contributed by atoms with van der Waals surface area (Å²) >= 11 is 0. The minimum Gasteiger partial charge on any atom is -0.496 e. The summed E-state index contributed by atoms with van der Waals surface area (Å²) in [6, 6.07) is 13.4. The third-order valence-electron chi connectivity index (χ3n) is 5.26. The molecule has 1 aliphatic heterocycles. The van der Waals surface area contributed by atoms with Gasteiger partial charge in [0.15, 0.2) is 0 Å². The average Bonchev–Trinajstić information content (AvgIpc) is 2.76. The van der Waals surface area contributed by atoms with Crippen molar-refractivity contribution in [2.75, 3.05) is 20.8 Å². The molecule has 2 aromatic carbocycles. The monoisotopic (exact) mass is 438 g/mol. The third kappa shape index (κ3) is 6.11. The van der Waals surface area contributed by atoms with Gasteiger partial charge in [0.05, 0.1) is 20.1 Å². The number of nitrogens with one attached hydrogen (secondary N) is 2. The van der Waals surface area contributed by atoms with Gasteiger partial charge < -0.3 is 24.8 Å². The lowest BCUT2D eigenvalue weighted by Gasteiger charge is -2.37. The molecule has 0 aliphatic carbocycles. The number of carbonyl (C=O) groups is 1. The summed E-state index contributed by atoms with van der Waals surface area (Å²) in [5, 5.41) is 6.76. The molecule has 0 saturated carbocycles. The first-order chi connectivity index (χ1) is 14.8. The predicted octanol–water partition coefficient (Wildman–Crippen LogP) is 3.58. The Morgan fingerprint density at radius 3 is 2.55 bits per heavy atom. The third-order valence-corrected chi connectivity index (χ3v) is 5.26. The van der Waals surface area contributed by atoms with E-state index in [-0.39, 0.29) is 36.3 Å². The van der Waals surface area contributed by atoms with E-state index in [1.807, 2.05) is 30.3 Å². The van der Waals surface area contributed by atoms with Crippen molar-refractivity contribution in [3.63, 3.8) is 0 Å². The summed E-state index contributed by atoms with van der Waals surface area (Å²) in [4.78, 5) is 12.1. The molecule has 0 bridgehead atoms. The van der Waals surface area contributed by atoms with Gasteiger partial charge in [-0.05, 0) is 30.2 Å². The van der Waals surface area contributed by atoms with Crippen molar-refractivity contribution in [1.82, 2.24) is 10.6 Å². The molecular formula is C22H25F3N2O4. The molecule has 31 heavy (non-hydrogen) atoms. The van der Waals surface area contributed by atoms with E-state index >= 15 is 0 Å². The van der Waals surface area contributed by atoms with Crippen molar-refractivity contribution < 1.29 is 32.2 Å². The van der Waals surface area contributed by atoms with Gasteiger partial charge in [-0.2, -0.15) is 0 Å². The van der Waals surface area contributed by atoms with Gasteiger partial charge in [0.2, 0.25) is 0 Å². The molecule has 168 valence electrons. The Morgan fingerprint density at radius 1 is 1.16 bits per heavy atom. The minimum atomic E-state index is -4.78. The van der Waals surface area contributed by atoms with E-state index in [1.165, 1.54) is 32.4 Å². The molecule has 0 amide bonds. The summed E-state index contributed by atoms with van der Waals surface area (Å²) in [5.41, 5.74) is 1.56. The summed E-state index contributed by atoms with van der Waals surface area (Å²) in [6.45, 7) is 0.699. The van der Waals surface area contributed by atoms with E-state index in [0.29, 0.717) is 24.3 Å². The van der Waals surface area contributed by atoms with Crippen LogP contribution in [0.2, 0.25) is 0 Å². The number of piperidine rings is 1. The van der Waals surface area contributed by atoms with Crippen LogP contribution >= 0.6 is 0 Å². The maximum atomic E-state index is 12.6. The van der Waals surface area contributed by atoms with Crippen molar-refractivity contribution in [3.05, 3.63) is 59.7 Å². The van der Waals surface area contributed by atoms with Crippen molar-refractivity contribution in [3.8, 4) is 11.5 Å². The van der Waals surface area contributed by atoms with Gasteiger partial charge in [-0.25, -0.2) is 0 Å². The molecule has 1 saturated heterocycles. The molecule has 2 N–H and O–H groups in total. The Morgan fingerprint density at radius 2 is 1.90 bits per heavy atom. The second-order valence-corrected chi connectivity index (χ2v) is 7.26.